The topological polar surface area (TPSA) is 120 Å². The van der Waals surface area contributed by atoms with Crippen molar-refractivity contribution < 1.29 is 9.59 Å². The lowest BCUT2D eigenvalue weighted by atomic mass is 10.4. The number of nitrogens with two attached hydrogens (primary N) is 2. The minimum absolute atomic E-state index is 0.172. The van der Waals surface area contributed by atoms with Gasteiger partial charge in [0, 0.05) is 18.6 Å². The summed E-state index contributed by atoms with van der Waals surface area (Å²) < 4.78 is 2.24. The van der Waals surface area contributed by atoms with E-state index in [9.17, 15) is 9.59 Å². The molecule has 0 fully saturated rings. The van der Waals surface area contributed by atoms with Crippen LogP contribution in [0.5, 0.6) is 0 Å². The molecule has 0 saturated carbocycles. The number of anilines is 1. The summed E-state index contributed by atoms with van der Waals surface area (Å²) in [6.45, 7) is -0.343. The van der Waals surface area contributed by atoms with Crippen molar-refractivity contribution in [1.29, 1.82) is 0 Å². The number of hydrogen-bond donors (Lipinski definition) is 2. The zero-order valence-corrected chi connectivity index (χ0v) is 11.4. The lowest BCUT2D eigenvalue weighted by molar-refractivity contribution is -0.117. The van der Waals surface area contributed by atoms with Gasteiger partial charge in [-0.1, -0.05) is 0 Å². The van der Waals surface area contributed by atoms with E-state index < -0.39 is 11.8 Å². The van der Waals surface area contributed by atoms with Gasteiger partial charge in [-0.2, -0.15) is 0 Å². The summed E-state index contributed by atoms with van der Waals surface area (Å²) in [7, 11) is 0. The maximum absolute atomic E-state index is 11.1. The largest absolute Gasteiger partial charge is 0.368 e. The molecule has 2 heterocycles. The Morgan fingerprint density at radius 2 is 1.95 bits per heavy atom. The van der Waals surface area contributed by atoms with Crippen LogP contribution in [0.2, 0.25) is 0 Å². The van der Waals surface area contributed by atoms with Crippen LogP contribution in [0.3, 0.4) is 0 Å². The van der Waals surface area contributed by atoms with Gasteiger partial charge in [0.2, 0.25) is 11.8 Å². The van der Waals surface area contributed by atoms with Crippen LogP contribution < -0.4 is 16.4 Å². The van der Waals surface area contributed by atoms with Crippen molar-refractivity contribution in [2.24, 2.45) is 11.5 Å². The second-order valence-electron chi connectivity index (χ2n) is 3.83. The normalized spacial score (nSPS) is 10.6. The van der Waals surface area contributed by atoms with E-state index in [2.05, 4.69) is 25.9 Å². The van der Waals surface area contributed by atoms with Crippen LogP contribution in [-0.2, 0) is 9.59 Å². The number of rotatable bonds is 5. The molecule has 0 spiro atoms. The highest BCUT2D eigenvalue weighted by molar-refractivity contribution is 9.10. The third kappa shape index (κ3) is 2.99. The highest BCUT2D eigenvalue weighted by Crippen LogP contribution is 2.20. The molecule has 0 aliphatic rings. The van der Waals surface area contributed by atoms with Crippen molar-refractivity contribution in [3.05, 3.63) is 23.2 Å². The van der Waals surface area contributed by atoms with Gasteiger partial charge in [-0.05, 0) is 15.9 Å². The number of carbonyl (C=O) groups excluding carboxylic acids is 2. The molecule has 0 aliphatic carbocycles. The third-order valence-electron chi connectivity index (χ3n) is 2.32. The third-order valence-corrected chi connectivity index (χ3v) is 2.70. The monoisotopic (exact) mass is 326 g/mol. The first kappa shape index (κ1) is 13.3. The molecule has 2 rings (SSSR count). The predicted octanol–water partition coefficient (Wildman–Crippen LogP) is -0.731. The van der Waals surface area contributed by atoms with Gasteiger partial charge in [0.05, 0.1) is 13.1 Å². The van der Waals surface area contributed by atoms with Crippen LogP contribution >= 0.6 is 15.9 Å². The van der Waals surface area contributed by atoms with E-state index in [4.69, 9.17) is 11.5 Å². The molecule has 0 bridgehead atoms. The maximum atomic E-state index is 11.1. The highest BCUT2D eigenvalue weighted by Gasteiger charge is 2.18. The molecule has 19 heavy (non-hydrogen) atoms. The van der Waals surface area contributed by atoms with E-state index in [1.165, 1.54) is 4.90 Å². The molecule has 2 aromatic heterocycles. The molecule has 0 atom stereocenters. The first-order valence-corrected chi connectivity index (χ1v) is 6.07. The summed E-state index contributed by atoms with van der Waals surface area (Å²) in [6.07, 6.45) is 5.01. The maximum Gasteiger partial charge on any atom is 0.237 e. The van der Waals surface area contributed by atoms with Crippen LogP contribution in [0.4, 0.5) is 5.82 Å². The van der Waals surface area contributed by atoms with E-state index >= 15 is 0 Å². The van der Waals surface area contributed by atoms with Crippen molar-refractivity contribution in [2.75, 3.05) is 18.0 Å². The lowest BCUT2D eigenvalue weighted by Gasteiger charge is -2.20. The Morgan fingerprint density at radius 1 is 1.32 bits per heavy atom. The Balaban J connectivity index is 2.50. The summed E-state index contributed by atoms with van der Waals surface area (Å²) in [6, 6.07) is 0. The molecule has 8 nitrogen and oxygen atoms in total. The molecule has 0 saturated heterocycles. The number of imidazole rings is 1. The van der Waals surface area contributed by atoms with Crippen molar-refractivity contribution >= 4 is 39.2 Å². The number of nitrogens with zero attached hydrogens (tertiary/aromatic N) is 4. The first-order valence-electron chi connectivity index (χ1n) is 5.28. The number of carbonyl (C=O) groups is 2. The van der Waals surface area contributed by atoms with E-state index in [-0.39, 0.29) is 13.1 Å². The average Bonchev–Trinajstić information content (AvgIpc) is 2.73. The molecular weight excluding hydrogens is 316 g/mol. The summed E-state index contributed by atoms with van der Waals surface area (Å²) in [5.41, 5.74) is 10.8. The minimum Gasteiger partial charge on any atom is -0.368 e. The molecule has 4 N–H and O–H groups in total. The number of fused-ring (bicyclic) bond motifs is 1. The van der Waals surface area contributed by atoms with Crippen LogP contribution in [-0.4, -0.2) is 39.3 Å². The van der Waals surface area contributed by atoms with Crippen molar-refractivity contribution in [1.82, 2.24) is 14.4 Å². The van der Waals surface area contributed by atoms with Gasteiger partial charge in [0.25, 0.3) is 0 Å². The molecule has 0 aromatic carbocycles. The summed E-state index contributed by atoms with van der Waals surface area (Å²) in [5, 5.41) is 0. The van der Waals surface area contributed by atoms with Gasteiger partial charge < -0.3 is 20.8 Å². The zero-order valence-electron chi connectivity index (χ0n) is 9.78. The molecule has 0 aliphatic heterocycles. The van der Waals surface area contributed by atoms with Gasteiger partial charge in [-0.25, -0.2) is 9.97 Å². The van der Waals surface area contributed by atoms with Gasteiger partial charge in [-0.15, -0.1) is 0 Å². The van der Waals surface area contributed by atoms with Crippen LogP contribution in [0.15, 0.2) is 23.2 Å². The summed E-state index contributed by atoms with van der Waals surface area (Å²) >= 11 is 3.25. The van der Waals surface area contributed by atoms with Gasteiger partial charge >= 0.3 is 0 Å². The smallest absolute Gasteiger partial charge is 0.237 e. The Kier molecular flexibility index (Phi) is 3.65. The summed E-state index contributed by atoms with van der Waals surface area (Å²) in [4.78, 5) is 31.9. The Hall–Kier alpha value is -2.16. The van der Waals surface area contributed by atoms with Crippen molar-refractivity contribution in [2.45, 2.75) is 0 Å². The summed E-state index contributed by atoms with van der Waals surface area (Å²) in [5.74, 6) is -0.822. The molecule has 100 valence electrons. The first-order chi connectivity index (χ1) is 8.97. The fraction of sp³-hybridized carbons (Fsp3) is 0.200. The number of aromatic nitrogens is 3. The van der Waals surface area contributed by atoms with Crippen molar-refractivity contribution in [3.63, 3.8) is 0 Å². The highest BCUT2D eigenvalue weighted by atomic mass is 79.9. The quantitative estimate of drug-likeness (QED) is 0.750. The van der Waals surface area contributed by atoms with Gasteiger partial charge in [0.1, 0.15) is 4.60 Å². The molecule has 0 unspecified atom stereocenters. The van der Waals surface area contributed by atoms with E-state index in [1.807, 2.05) is 0 Å². The number of primary amides is 2. The second kappa shape index (κ2) is 5.22. The van der Waals surface area contributed by atoms with E-state index in [1.54, 1.807) is 23.0 Å². The Labute approximate surface area is 116 Å². The average molecular weight is 327 g/mol. The lowest BCUT2D eigenvalue weighted by Crippen LogP contribution is -2.40. The fourth-order valence-electron chi connectivity index (χ4n) is 1.68. The number of amides is 2. The van der Waals surface area contributed by atoms with E-state index in [0.717, 1.165) is 0 Å². The Morgan fingerprint density at radius 3 is 2.53 bits per heavy atom. The molecule has 2 amide bonds. The van der Waals surface area contributed by atoms with Crippen LogP contribution in [0.1, 0.15) is 0 Å². The molecule has 9 heteroatoms. The predicted molar refractivity (Wildman–Crippen MR) is 71.3 cm³/mol. The fourth-order valence-corrected chi connectivity index (χ4v) is 2.07. The van der Waals surface area contributed by atoms with E-state index in [0.29, 0.717) is 16.1 Å². The molecule has 0 radical (unpaired) electrons. The standard InChI is InChI=1S/C10H11BrN6O2/c11-6-3-16-2-1-14-9(16)10(15-6)17(4-7(12)18)5-8(13)19/h1-3H,4-5H2,(H2,12,18)(H2,13,19). The second-order valence-corrected chi connectivity index (χ2v) is 4.65. The van der Waals surface area contributed by atoms with Crippen LogP contribution in [0, 0.1) is 0 Å². The van der Waals surface area contributed by atoms with Crippen molar-refractivity contribution in [3.8, 4) is 0 Å². The van der Waals surface area contributed by atoms with Gasteiger partial charge in [0.15, 0.2) is 11.5 Å². The SMILES string of the molecule is NC(=O)CN(CC(N)=O)c1nc(Br)cn2ccnc12. The number of hydrogen-bond acceptors (Lipinski definition) is 5. The molecular formula is C10H11BrN6O2. The number of halogens is 1. The molecule has 2 aromatic rings. The van der Waals surface area contributed by atoms with Gasteiger partial charge in [-0.3, -0.25) is 9.59 Å². The minimum atomic E-state index is -0.590. The zero-order chi connectivity index (χ0) is 14.0. The van der Waals surface area contributed by atoms with Crippen LogP contribution in [0.25, 0.3) is 5.65 Å². The Bertz CT molecular complexity index is 624.